The van der Waals surface area contributed by atoms with Crippen molar-refractivity contribution >= 4 is 126 Å². The number of non-ortho nitro benzene ring substituents is 4. The summed E-state index contributed by atoms with van der Waals surface area (Å²) in [6.45, 7) is 0. The average molecular weight is 1260 g/mol. The highest BCUT2D eigenvalue weighted by atomic mass is 35.6. The lowest BCUT2D eigenvalue weighted by atomic mass is 10.1. The Morgan fingerprint density at radius 2 is 0.500 bits per heavy atom. The van der Waals surface area contributed by atoms with Gasteiger partial charge in [0, 0.05) is 57.9 Å². The maximum atomic E-state index is 12.1. The third-order valence-corrected chi connectivity index (χ3v) is 12.1. The highest BCUT2D eigenvalue weighted by Gasteiger charge is 2.41. The zero-order valence-corrected chi connectivity index (χ0v) is 46.1. The fraction of sp³-hybridized carbons (Fsp3) is 0.0189. The van der Waals surface area contributed by atoms with E-state index in [1.54, 1.807) is 121 Å². The molecule has 0 radical (unpaired) electrons. The minimum Gasteiger partial charge on any atom is -0.275 e. The Kier molecular flexibility index (Phi) is 18.9. The Bertz CT molecular complexity index is 3740. The number of hydrazone groups is 4. The molecule has 0 bridgehead atoms. The fourth-order valence-corrected chi connectivity index (χ4v) is 8.37. The summed E-state index contributed by atoms with van der Waals surface area (Å²) in [4.78, 5) is 89.7. The molecule has 0 N–H and O–H groups in total. The molecule has 2 aliphatic rings. The van der Waals surface area contributed by atoms with Gasteiger partial charge >= 0.3 is 22.7 Å². The van der Waals surface area contributed by atoms with Crippen LogP contribution in [0.25, 0.3) is 0 Å². The zero-order valence-electron chi connectivity index (χ0n) is 43.9. The van der Waals surface area contributed by atoms with Crippen LogP contribution >= 0.6 is 34.8 Å². The summed E-state index contributed by atoms with van der Waals surface area (Å²) in [7, 11) is 0. The molecule has 35 heteroatoms. The summed E-state index contributed by atoms with van der Waals surface area (Å²) in [5, 5.41) is 113. The summed E-state index contributed by atoms with van der Waals surface area (Å²) in [5.74, 6) is 0.390. The normalized spacial score (nSPS) is 12.6. The maximum Gasteiger partial charge on any atom is 0.310 e. The van der Waals surface area contributed by atoms with Gasteiger partial charge in [-0.1, -0.05) is 156 Å². The summed E-state index contributed by atoms with van der Waals surface area (Å²) in [6, 6.07) is 47.2. The molecular weight excluding hydrogens is 1220 g/mol. The van der Waals surface area contributed by atoms with E-state index in [1.807, 2.05) is 0 Å². The predicted molar refractivity (Wildman–Crippen MR) is 322 cm³/mol. The van der Waals surface area contributed by atoms with Crippen molar-refractivity contribution < 1.29 is 39.4 Å². The van der Waals surface area contributed by atoms with Crippen LogP contribution in [0.5, 0.6) is 0 Å². The van der Waals surface area contributed by atoms with E-state index in [4.69, 9.17) is 34.8 Å². The molecule has 88 heavy (non-hydrogen) atoms. The van der Waals surface area contributed by atoms with Gasteiger partial charge in [-0.15, -0.1) is 30.6 Å². The second-order valence-corrected chi connectivity index (χ2v) is 19.4. The third kappa shape index (κ3) is 13.9. The number of benzene rings is 8. The first-order valence-corrected chi connectivity index (χ1v) is 25.8. The van der Waals surface area contributed by atoms with Crippen LogP contribution in [0.2, 0.25) is 0 Å². The van der Waals surface area contributed by atoms with Gasteiger partial charge in [0.1, 0.15) is 0 Å². The molecule has 0 atom stereocenters. The lowest BCUT2D eigenvalue weighted by Crippen LogP contribution is -2.44. The first-order valence-electron chi connectivity index (χ1n) is 24.4. The third-order valence-electron chi connectivity index (χ3n) is 12.1. The molecule has 0 saturated heterocycles. The van der Waals surface area contributed by atoms with E-state index in [9.17, 15) is 80.9 Å². The van der Waals surface area contributed by atoms with Crippen LogP contribution in [-0.4, -0.2) is 67.0 Å². The van der Waals surface area contributed by atoms with Crippen LogP contribution in [0.1, 0.15) is 22.3 Å². The maximum absolute atomic E-state index is 12.1. The zero-order chi connectivity index (χ0) is 63.5. The van der Waals surface area contributed by atoms with E-state index in [-0.39, 0.29) is 34.7 Å². The molecular formula is C53H33Cl3N16O16. The lowest BCUT2D eigenvalue weighted by Gasteiger charge is -2.33. The molecule has 2 heterocycles. The molecule has 0 aliphatic carbocycles. The number of halogens is 3. The number of alkyl halides is 3. The van der Waals surface area contributed by atoms with Crippen molar-refractivity contribution in [2.24, 2.45) is 20.4 Å². The quantitative estimate of drug-likeness (QED) is 0.0492. The highest BCUT2D eigenvalue weighted by Crippen LogP contribution is 2.45. The van der Waals surface area contributed by atoms with E-state index in [0.717, 1.165) is 0 Å². The van der Waals surface area contributed by atoms with Crippen LogP contribution < -0.4 is 20.0 Å². The Labute approximate surface area is 505 Å². The molecule has 2 aliphatic heterocycles. The van der Waals surface area contributed by atoms with Gasteiger partial charge in [-0.25, -0.2) is 0 Å². The molecule has 8 aromatic carbocycles. The van der Waals surface area contributed by atoms with Gasteiger partial charge in [-0.05, 0) is 24.3 Å². The molecule has 0 spiro atoms. The Hall–Kier alpha value is -12.3. The molecule has 0 aromatic heterocycles. The molecule has 32 nitrogen and oxygen atoms in total. The van der Waals surface area contributed by atoms with E-state index >= 15 is 0 Å². The number of rotatable bonds is 16. The van der Waals surface area contributed by atoms with Crippen molar-refractivity contribution in [1.82, 2.24) is 0 Å². The SMILES string of the molecule is ClC(Cl)Cl.O=[N+]([O-])c1ccc(N2C(c3ccccc3)=NN(c3c([N+](=O)[O-])cc([N+](=O)[O-])cc3[N+](=O)[O-])N=C2c2ccccc2)cc1.O=[N+]([O-])c1ccc(N2C(c3ccccc3)=NN(c3c([N+](=O)[O-])cc([N+](=O)[O-])cc3[N+](=O)[O-])N=C2c2ccccc2)cc1. The number of nitrogens with zero attached hydrogens (tertiary/aromatic N) is 16. The Morgan fingerprint density at radius 1 is 0.295 bits per heavy atom. The monoisotopic (exact) mass is 1250 g/mol. The van der Waals surface area contributed by atoms with Crippen molar-refractivity contribution in [3.05, 3.63) is 297 Å². The number of nitro benzene ring substituents is 8. The van der Waals surface area contributed by atoms with Gasteiger partial charge in [0.2, 0.25) is 11.4 Å². The van der Waals surface area contributed by atoms with Gasteiger partial charge in [0.05, 0.1) is 63.7 Å². The largest absolute Gasteiger partial charge is 0.310 e. The van der Waals surface area contributed by atoms with Crippen LogP contribution in [0, 0.1) is 80.9 Å². The lowest BCUT2D eigenvalue weighted by molar-refractivity contribution is -0.402. The summed E-state index contributed by atoms with van der Waals surface area (Å²) < 4.78 is -0.750. The Balaban J connectivity index is 0.000000215. The average Bonchev–Trinajstić information content (AvgIpc) is 0.980. The van der Waals surface area contributed by atoms with E-state index in [0.29, 0.717) is 68.1 Å². The summed E-state index contributed by atoms with van der Waals surface area (Å²) in [5.41, 5.74) is -4.78. The molecule has 0 saturated carbocycles. The van der Waals surface area contributed by atoms with E-state index in [2.05, 4.69) is 20.4 Å². The van der Waals surface area contributed by atoms with Crippen LogP contribution in [0.3, 0.4) is 0 Å². The number of hydrogen-bond acceptors (Lipinski definition) is 24. The smallest absolute Gasteiger partial charge is 0.275 e. The first kappa shape index (κ1) is 61.8. The number of hydrogen-bond donors (Lipinski definition) is 0. The van der Waals surface area contributed by atoms with Crippen molar-refractivity contribution in [3.8, 4) is 0 Å². The van der Waals surface area contributed by atoms with E-state index in [1.165, 1.54) is 58.3 Å². The number of amidine groups is 4. The Morgan fingerprint density at radius 3 is 0.682 bits per heavy atom. The van der Waals surface area contributed by atoms with Crippen molar-refractivity contribution in [2.45, 2.75) is 4.30 Å². The van der Waals surface area contributed by atoms with Crippen LogP contribution in [-0.2, 0) is 0 Å². The second-order valence-electron chi connectivity index (χ2n) is 17.4. The predicted octanol–water partition coefficient (Wildman–Crippen LogP) is 12.7. The van der Waals surface area contributed by atoms with Crippen molar-refractivity contribution in [1.29, 1.82) is 0 Å². The van der Waals surface area contributed by atoms with Gasteiger partial charge in [-0.3, -0.25) is 90.7 Å². The van der Waals surface area contributed by atoms with Gasteiger partial charge in [0.15, 0.2) is 27.6 Å². The molecule has 8 aromatic rings. The van der Waals surface area contributed by atoms with Crippen LogP contribution in [0.15, 0.2) is 215 Å². The van der Waals surface area contributed by atoms with Gasteiger partial charge in [-0.2, -0.15) is 0 Å². The highest BCUT2D eigenvalue weighted by molar-refractivity contribution is 6.63. The summed E-state index contributed by atoms with van der Waals surface area (Å²) >= 11 is 14.4. The molecule has 0 amide bonds. The fourth-order valence-electron chi connectivity index (χ4n) is 8.37. The van der Waals surface area contributed by atoms with Crippen molar-refractivity contribution in [3.63, 3.8) is 0 Å². The van der Waals surface area contributed by atoms with Crippen molar-refractivity contribution in [2.75, 3.05) is 20.0 Å². The summed E-state index contributed by atoms with van der Waals surface area (Å²) in [6.07, 6.45) is 0. The standard InChI is InChI=1S/2C26H16N8O8.CHCl3/c2*35-31(36)20-13-11-19(12-14-20)29-25(17-7-3-1-4-8-17)27-30(28-26(29)18-9-5-2-6-10-18)24-22(33(39)40)15-21(32(37)38)16-23(24)34(41)42;2-1(3)4/h2*1-16H;1H. The molecule has 0 unspecified atom stereocenters. The topological polar surface area (TPSA) is 408 Å². The number of anilines is 4. The van der Waals surface area contributed by atoms with Gasteiger partial charge < -0.3 is 0 Å². The minimum absolute atomic E-state index is 0.0975. The van der Waals surface area contributed by atoms with Crippen LogP contribution in [0.4, 0.5) is 68.2 Å². The number of nitro groups is 8. The van der Waals surface area contributed by atoms with Gasteiger partial charge in [0.25, 0.3) is 22.7 Å². The molecule has 10 rings (SSSR count). The van der Waals surface area contributed by atoms with E-state index < -0.39 is 89.2 Å². The first-order chi connectivity index (χ1) is 42.0. The molecule has 442 valence electrons. The minimum atomic E-state index is -0.993. The second kappa shape index (κ2) is 27.0. The molecule has 0 fully saturated rings.